The highest BCUT2D eigenvalue weighted by Gasteiger charge is 2.30. The lowest BCUT2D eigenvalue weighted by atomic mass is 9.93. The van der Waals surface area contributed by atoms with Gasteiger partial charge in [-0.25, -0.2) is 0 Å². The summed E-state index contributed by atoms with van der Waals surface area (Å²) >= 11 is 0. The van der Waals surface area contributed by atoms with Crippen molar-refractivity contribution < 1.29 is 9.90 Å². The highest BCUT2D eigenvalue weighted by Crippen LogP contribution is 2.23. The molecular weight excluding hydrogens is 230 g/mol. The Morgan fingerprint density at radius 2 is 2.11 bits per heavy atom. The van der Waals surface area contributed by atoms with Gasteiger partial charge in [-0.15, -0.1) is 0 Å². The first kappa shape index (κ1) is 12.8. The van der Waals surface area contributed by atoms with Crippen LogP contribution in [-0.2, 0) is 0 Å². The van der Waals surface area contributed by atoms with Crippen molar-refractivity contribution in [2.45, 2.75) is 32.3 Å². The summed E-state index contributed by atoms with van der Waals surface area (Å²) in [7, 11) is 0. The summed E-state index contributed by atoms with van der Waals surface area (Å²) in [4.78, 5) is 18.2. The van der Waals surface area contributed by atoms with Crippen LogP contribution in [0.15, 0.2) is 12.3 Å². The molecule has 5 nitrogen and oxygen atoms in total. The zero-order chi connectivity index (χ0) is 13.3. The number of hydrogen-bond donors (Lipinski definition) is 2. The van der Waals surface area contributed by atoms with Gasteiger partial charge >= 0.3 is 0 Å². The van der Waals surface area contributed by atoms with Crippen molar-refractivity contribution >= 4 is 11.6 Å². The SMILES string of the molecule is Cc1ncc(N)cc1C(=O)N1CCC(C)(O)CC1. The fourth-order valence-corrected chi connectivity index (χ4v) is 2.13. The molecule has 1 aliphatic heterocycles. The lowest BCUT2D eigenvalue weighted by Gasteiger charge is -2.35. The number of pyridine rings is 1. The summed E-state index contributed by atoms with van der Waals surface area (Å²) in [5, 5.41) is 9.87. The Morgan fingerprint density at radius 1 is 1.50 bits per heavy atom. The summed E-state index contributed by atoms with van der Waals surface area (Å²) in [5.41, 5.74) is 6.74. The number of hydrogen-bond acceptors (Lipinski definition) is 4. The Labute approximate surface area is 107 Å². The maximum atomic E-state index is 12.3. The molecule has 0 saturated carbocycles. The minimum atomic E-state index is -0.653. The molecule has 2 heterocycles. The average Bonchev–Trinajstić information content (AvgIpc) is 2.31. The molecule has 1 saturated heterocycles. The van der Waals surface area contributed by atoms with Gasteiger partial charge in [0.05, 0.1) is 28.7 Å². The molecule has 1 amide bonds. The molecule has 0 atom stereocenters. The van der Waals surface area contributed by atoms with E-state index in [-0.39, 0.29) is 5.91 Å². The summed E-state index contributed by atoms with van der Waals surface area (Å²) in [6.45, 7) is 4.75. The number of anilines is 1. The second-order valence-electron chi connectivity index (χ2n) is 5.19. The van der Waals surface area contributed by atoms with Gasteiger partial charge in [0, 0.05) is 13.1 Å². The van der Waals surface area contributed by atoms with E-state index in [1.165, 1.54) is 0 Å². The van der Waals surface area contributed by atoms with Gasteiger partial charge in [-0.3, -0.25) is 9.78 Å². The fraction of sp³-hybridized carbons (Fsp3) is 0.538. The second-order valence-corrected chi connectivity index (χ2v) is 5.19. The standard InChI is InChI=1S/C13H19N3O2/c1-9-11(7-10(14)8-15-9)12(17)16-5-3-13(2,18)4-6-16/h7-8,18H,3-6,14H2,1-2H3. The number of aryl methyl sites for hydroxylation is 1. The minimum absolute atomic E-state index is 0.0530. The van der Waals surface area contributed by atoms with Crippen LogP contribution >= 0.6 is 0 Å². The molecule has 0 bridgehead atoms. The molecule has 18 heavy (non-hydrogen) atoms. The van der Waals surface area contributed by atoms with Crippen LogP contribution in [0.5, 0.6) is 0 Å². The topological polar surface area (TPSA) is 79.5 Å². The van der Waals surface area contributed by atoms with Crippen molar-refractivity contribution in [2.75, 3.05) is 18.8 Å². The van der Waals surface area contributed by atoms with Crippen LogP contribution in [0, 0.1) is 6.92 Å². The van der Waals surface area contributed by atoms with E-state index in [0.717, 1.165) is 0 Å². The molecule has 1 fully saturated rings. The Kier molecular flexibility index (Phi) is 3.26. The molecule has 1 aromatic rings. The molecule has 98 valence electrons. The Bertz CT molecular complexity index is 461. The molecule has 0 radical (unpaired) electrons. The van der Waals surface area contributed by atoms with Crippen molar-refractivity contribution in [3.8, 4) is 0 Å². The van der Waals surface area contributed by atoms with E-state index in [4.69, 9.17) is 5.73 Å². The van der Waals surface area contributed by atoms with Crippen LogP contribution in [-0.4, -0.2) is 39.6 Å². The smallest absolute Gasteiger partial charge is 0.255 e. The van der Waals surface area contributed by atoms with Crippen molar-refractivity contribution in [1.82, 2.24) is 9.88 Å². The minimum Gasteiger partial charge on any atom is -0.397 e. The molecule has 2 rings (SSSR count). The third-order valence-corrected chi connectivity index (χ3v) is 3.47. The normalized spacial score (nSPS) is 18.7. The van der Waals surface area contributed by atoms with Gasteiger partial charge in [0.2, 0.25) is 0 Å². The van der Waals surface area contributed by atoms with E-state index < -0.39 is 5.60 Å². The van der Waals surface area contributed by atoms with Gasteiger partial charge in [-0.2, -0.15) is 0 Å². The van der Waals surface area contributed by atoms with E-state index >= 15 is 0 Å². The summed E-state index contributed by atoms with van der Waals surface area (Å²) in [5.74, 6) is -0.0530. The number of nitrogens with zero attached hydrogens (tertiary/aromatic N) is 2. The maximum Gasteiger partial charge on any atom is 0.255 e. The van der Waals surface area contributed by atoms with E-state index in [1.807, 2.05) is 6.92 Å². The number of piperidine rings is 1. The number of nitrogen functional groups attached to an aromatic ring is 1. The number of carbonyl (C=O) groups is 1. The molecule has 0 unspecified atom stereocenters. The number of aliphatic hydroxyl groups is 1. The quantitative estimate of drug-likeness (QED) is 0.777. The number of amides is 1. The van der Waals surface area contributed by atoms with Crippen LogP contribution < -0.4 is 5.73 Å². The third kappa shape index (κ3) is 2.61. The highest BCUT2D eigenvalue weighted by molar-refractivity contribution is 5.96. The number of carbonyl (C=O) groups excluding carboxylic acids is 1. The number of nitrogens with two attached hydrogens (primary N) is 1. The third-order valence-electron chi connectivity index (χ3n) is 3.47. The second kappa shape index (κ2) is 4.57. The molecule has 0 aromatic carbocycles. The number of rotatable bonds is 1. The first-order valence-corrected chi connectivity index (χ1v) is 6.13. The van der Waals surface area contributed by atoms with Gasteiger partial charge in [-0.1, -0.05) is 0 Å². The Morgan fingerprint density at radius 3 is 2.72 bits per heavy atom. The van der Waals surface area contributed by atoms with E-state index in [1.54, 1.807) is 24.1 Å². The lowest BCUT2D eigenvalue weighted by molar-refractivity contribution is -0.00205. The highest BCUT2D eigenvalue weighted by atomic mass is 16.3. The number of aromatic nitrogens is 1. The Balaban J connectivity index is 2.15. The summed E-state index contributed by atoms with van der Waals surface area (Å²) in [6.07, 6.45) is 2.76. The predicted molar refractivity (Wildman–Crippen MR) is 69.1 cm³/mol. The lowest BCUT2D eigenvalue weighted by Crippen LogP contribution is -2.45. The fourth-order valence-electron chi connectivity index (χ4n) is 2.13. The zero-order valence-electron chi connectivity index (χ0n) is 10.8. The van der Waals surface area contributed by atoms with Gasteiger partial charge in [0.25, 0.3) is 5.91 Å². The summed E-state index contributed by atoms with van der Waals surface area (Å²) < 4.78 is 0. The van der Waals surface area contributed by atoms with E-state index in [9.17, 15) is 9.90 Å². The molecule has 0 spiro atoms. The van der Waals surface area contributed by atoms with Crippen molar-refractivity contribution in [3.05, 3.63) is 23.5 Å². The summed E-state index contributed by atoms with van der Waals surface area (Å²) in [6, 6.07) is 1.66. The molecule has 1 aliphatic rings. The van der Waals surface area contributed by atoms with Crippen LogP contribution in [0.25, 0.3) is 0 Å². The molecule has 0 aliphatic carbocycles. The van der Waals surface area contributed by atoms with E-state index in [2.05, 4.69) is 4.98 Å². The number of likely N-dealkylation sites (tertiary alicyclic amines) is 1. The maximum absolute atomic E-state index is 12.3. The van der Waals surface area contributed by atoms with Gasteiger partial charge in [0.15, 0.2) is 0 Å². The van der Waals surface area contributed by atoms with Crippen molar-refractivity contribution in [1.29, 1.82) is 0 Å². The van der Waals surface area contributed by atoms with Gasteiger partial charge in [-0.05, 0) is 32.8 Å². The van der Waals surface area contributed by atoms with Crippen molar-refractivity contribution in [3.63, 3.8) is 0 Å². The van der Waals surface area contributed by atoms with Crippen LogP contribution in [0.2, 0.25) is 0 Å². The van der Waals surface area contributed by atoms with Crippen LogP contribution in [0.4, 0.5) is 5.69 Å². The molecule has 5 heteroatoms. The van der Waals surface area contributed by atoms with Gasteiger partial charge < -0.3 is 15.7 Å². The first-order valence-electron chi connectivity index (χ1n) is 6.13. The average molecular weight is 249 g/mol. The predicted octanol–water partition coefficient (Wildman–Crippen LogP) is 0.959. The van der Waals surface area contributed by atoms with Gasteiger partial charge in [0.1, 0.15) is 0 Å². The Hall–Kier alpha value is -1.62. The monoisotopic (exact) mass is 249 g/mol. The van der Waals surface area contributed by atoms with Crippen LogP contribution in [0.3, 0.4) is 0 Å². The largest absolute Gasteiger partial charge is 0.397 e. The van der Waals surface area contributed by atoms with Crippen LogP contribution in [0.1, 0.15) is 35.8 Å². The molecule has 1 aromatic heterocycles. The van der Waals surface area contributed by atoms with E-state index in [0.29, 0.717) is 42.9 Å². The molecule has 3 N–H and O–H groups in total. The zero-order valence-corrected chi connectivity index (χ0v) is 10.8. The first-order chi connectivity index (χ1) is 8.39. The molecular formula is C13H19N3O2. The van der Waals surface area contributed by atoms with Crippen molar-refractivity contribution in [2.24, 2.45) is 0 Å².